The van der Waals surface area contributed by atoms with Crippen LogP contribution in [0, 0.1) is 0 Å². The molecular formula is C79H132NO8P. The third kappa shape index (κ3) is 72.6. The number of esters is 2. The molecule has 0 aromatic heterocycles. The monoisotopic (exact) mass is 1250 g/mol. The molecule has 0 heterocycles. The van der Waals surface area contributed by atoms with Gasteiger partial charge in [0.15, 0.2) is 6.10 Å². The largest absolute Gasteiger partial charge is 0.472 e. The van der Waals surface area contributed by atoms with Crippen molar-refractivity contribution in [2.45, 2.75) is 302 Å². The van der Waals surface area contributed by atoms with Gasteiger partial charge in [0.1, 0.15) is 6.61 Å². The Hall–Kier alpha value is -4.37. The molecule has 0 rings (SSSR count). The minimum absolute atomic E-state index is 0.0453. The molecule has 2 unspecified atom stereocenters. The van der Waals surface area contributed by atoms with Crippen LogP contribution in [0.2, 0.25) is 0 Å². The predicted molar refractivity (Wildman–Crippen MR) is 385 cm³/mol. The number of hydrogen-bond donors (Lipinski definition) is 2. The lowest BCUT2D eigenvalue weighted by Crippen LogP contribution is -2.29. The van der Waals surface area contributed by atoms with Crippen molar-refractivity contribution in [1.82, 2.24) is 0 Å². The van der Waals surface area contributed by atoms with Crippen molar-refractivity contribution in [2.24, 2.45) is 5.73 Å². The zero-order chi connectivity index (χ0) is 64.4. The van der Waals surface area contributed by atoms with Gasteiger partial charge in [-0.25, -0.2) is 4.57 Å². The lowest BCUT2D eigenvalue weighted by molar-refractivity contribution is -0.161. The van der Waals surface area contributed by atoms with Crippen LogP contribution in [-0.2, 0) is 32.7 Å². The first-order chi connectivity index (χ1) is 43.8. The summed E-state index contributed by atoms with van der Waals surface area (Å²) < 4.78 is 33.2. The molecule has 0 aliphatic heterocycles. The quantitative estimate of drug-likeness (QED) is 0.0264. The molecule has 0 fully saturated rings. The molecule has 506 valence electrons. The lowest BCUT2D eigenvalue weighted by Gasteiger charge is -2.19. The number of phosphoric acid groups is 1. The van der Waals surface area contributed by atoms with Gasteiger partial charge >= 0.3 is 19.8 Å². The van der Waals surface area contributed by atoms with Gasteiger partial charge in [-0.15, -0.1) is 0 Å². The zero-order valence-electron chi connectivity index (χ0n) is 56.9. The molecule has 0 bridgehead atoms. The van der Waals surface area contributed by atoms with Gasteiger partial charge in [-0.1, -0.05) is 320 Å². The molecule has 9 nitrogen and oxygen atoms in total. The van der Waals surface area contributed by atoms with Crippen LogP contribution < -0.4 is 5.73 Å². The van der Waals surface area contributed by atoms with Gasteiger partial charge in [-0.3, -0.25) is 18.6 Å². The second-order valence-electron chi connectivity index (χ2n) is 23.3. The fourth-order valence-electron chi connectivity index (χ4n) is 9.68. The SMILES string of the molecule is CC/C=C\C/C=C\C/C=C\C/C=C\C/C=C\C/C=C\C/C=C\CCCCCCCCCC(=O)OC(COC(=O)CCCCCCCCCCCCCCCCCCCCCC/C=C\C/C=C\C/C=C\C/C=C\C/C=C\C/C=C\CC)COP(=O)(O)OCCN. The Morgan fingerprint density at radius 3 is 0.865 bits per heavy atom. The highest BCUT2D eigenvalue weighted by molar-refractivity contribution is 7.47. The van der Waals surface area contributed by atoms with Crippen LogP contribution in [0.1, 0.15) is 296 Å². The molecule has 0 aliphatic carbocycles. The zero-order valence-corrected chi connectivity index (χ0v) is 57.8. The topological polar surface area (TPSA) is 134 Å². The number of rotatable bonds is 66. The summed E-state index contributed by atoms with van der Waals surface area (Å²) in [5.41, 5.74) is 5.40. The van der Waals surface area contributed by atoms with E-state index in [1.54, 1.807) is 0 Å². The van der Waals surface area contributed by atoms with Crippen LogP contribution in [0.4, 0.5) is 0 Å². The minimum atomic E-state index is -4.41. The van der Waals surface area contributed by atoms with Crippen LogP contribution in [0.15, 0.2) is 158 Å². The molecule has 0 radical (unpaired) electrons. The van der Waals surface area contributed by atoms with E-state index in [4.69, 9.17) is 24.3 Å². The molecule has 10 heteroatoms. The van der Waals surface area contributed by atoms with Crippen LogP contribution in [0.3, 0.4) is 0 Å². The molecule has 89 heavy (non-hydrogen) atoms. The highest BCUT2D eigenvalue weighted by Gasteiger charge is 2.26. The first-order valence-corrected chi connectivity index (χ1v) is 37.5. The number of ether oxygens (including phenoxy) is 2. The van der Waals surface area contributed by atoms with Crippen LogP contribution in [0.5, 0.6) is 0 Å². The van der Waals surface area contributed by atoms with Crippen molar-refractivity contribution in [3.05, 3.63) is 158 Å². The fourth-order valence-corrected chi connectivity index (χ4v) is 10.4. The normalized spacial score (nSPS) is 13.9. The fraction of sp³-hybridized carbons (Fsp3) is 0.646. The molecule has 0 saturated heterocycles. The van der Waals surface area contributed by atoms with Gasteiger partial charge in [-0.2, -0.15) is 0 Å². The van der Waals surface area contributed by atoms with E-state index in [0.717, 1.165) is 128 Å². The highest BCUT2D eigenvalue weighted by atomic mass is 31.2. The van der Waals surface area contributed by atoms with E-state index in [0.29, 0.717) is 6.42 Å². The summed E-state index contributed by atoms with van der Waals surface area (Å²) in [7, 11) is -4.41. The summed E-state index contributed by atoms with van der Waals surface area (Å²) in [6.07, 6.45) is 106. The Balaban J connectivity index is 3.89. The van der Waals surface area contributed by atoms with Gasteiger partial charge in [0.2, 0.25) is 0 Å². The highest BCUT2D eigenvalue weighted by Crippen LogP contribution is 2.43. The van der Waals surface area contributed by atoms with Gasteiger partial charge in [-0.05, 0) is 122 Å². The van der Waals surface area contributed by atoms with Crippen LogP contribution in [-0.4, -0.2) is 49.3 Å². The number of nitrogens with two attached hydrogens (primary N) is 1. The van der Waals surface area contributed by atoms with E-state index in [9.17, 15) is 19.0 Å². The molecule has 2 atom stereocenters. The second-order valence-corrected chi connectivity index (χ2v) is 24.8. The second kappa shape index (κ2) is 72.7. The Bertz CT molecular complexity index is 2020. The Labute approximate surface area is 547 Å². The summed E-state index contributed by atoms with van der Waals surface area (Å²) in [5.74, 6) is -0.840. The van der Waals surface area contributed by atoms with Gasteiger partial charge in [0, 0.05) is 19.4 Å². The average molecular weight is 1250 g/mol. The molecule has 0 aromatic rings. The van der Waals surface area contributed by atoms with Gasteiger partial charge in [0.25, 0.3) is 0 Å². The molecule has 0 aliphatic rings. The number of hydrogen-bond acceptors (Lipinski definition) is 8. The number of allylic oxidation sites excluding steroid dienone is 26. The standard InChI is InChI=1S/C79H132NO8P/c1-3-5-7-9-11-13-15-17-19-21-23-25-27-29-31-33-34-35-36-37-38-39-40-41-42-44-45-47-49-51-53-55-57-59-61-63-65-67-69-71-78(81)85-75-77(76-87-89(83,84)86-74-73-80)88-79(82)72-70-68-66-64-62-60-58-56-54-52-50-48-46-43-32-30-28-26-24-22-20-18-16-14-12-10-8-6-4-2/h5-8,11-14,17-20,23-26,29-32,34-35,46,48,52,54,77H,3-4,9-10,15-16,21-22,27-28,33,36-45,47,49-51,53,55-76,80H2,1-2H3,(H,83,84)/b7-5-,8-6-,13-11-,14-12-,19-17-,20-18-,25-23-,26-24-,31-29-,32-30-,35-34-,48-46-,54-52-. The van der Waals surface area contributed by atoms with E-state index in [-0.39, 0.29) is 38.6 Å². The van der Waals surface area contributed by atoms with E-state index in [1.165, 1.54) is 135 Å². The van der Waals surface area contributed by atoms with Crippen molar-refractivity contribution >= 4 is 19.8 Å². The maximum atomic E-state index is 12.8. The molecule has 0 spiro atoms. The molecule has 0 amide bonds. The Kier molecular flexibility index (Phi) is 69.1. The number of carbonyl (C=O) groups excluding carboxylic acids is 2. The van der Waals surface area contributed by atoms with Crippen molar-refractivity contribution in [2.75, 3.05) is 26.4 Å². The van der Waals surface area contributed by atoms with Crippen molar-refractivity contribution < 1.29 is 37.6 Å². The minimum Gasteiger partial charge on any atom is -0.462 e. The summed E-state index contributed by atoms with van der Waals surface area (Å²) in [6, 6.07) is 0. The third-order valence-corrected chi connectivity index (χ3v) is 15.9. The molecular weight excluding hydrogens is 1120 g/mol. The van der Waals surface area contributed by atoms with E-state index < -0.39 is 26.5 Å². The van der Waals surface area contributed by atoms with E-state index in [2.05, 4.69) is 172 Å². The van der Waals surface area contributed by atoms with E-state index >= 15 is 0 Å². The summed E-state index contributed by atoms with van der Waals surface area (Å²) in [4.78, 5) is 35.4. The maximum Gasteiger partial charge on any atom is 0.472 e. The Morgan fingerprint density at radius 1 is 0.337 bits per heavy atom. The van der Waals surface area contributed by atoms with Gasteiger partial charge < -0.3 is 20.1 Å². The summed E-state index contributed by atoms with van der Waals surface area (Å²) in [6.45, 7) is 3.51. The van der Waals surface area contributed by atoms with Gasteiger partial charge in [0.05, 0.1) is 13.2 Å². The van der Waals surface area contributed by atoms with Crippen molar-refractivity contribution in [3.63, 3.8) is 0 Å². The van der Waals surface area contributed by atoms with Crippen LogP contribution >= 0.6 is 7.82 Å². The first kappa shape index (κ1) is 84.6. The van der Waals surface area contributed by atoms with Crippen molar-refractivity contribution in [3.8, 4) is 0 Å². The average Bonchev–Trinajstić information content (AvgIpc) is 3.68. The van der Waals surface area contributed by atoms with Crippen LogP contribution in [0.25, 0.3) is 0 Å². The predicted octanol–water partition coefficient (Wildman–Crippen LogP) is 24.0. The smallest absolute Gasteiger partial charge is 0.462 e. The summed E-state index contributed by atoms with van der Waals surface area (Å²) >= 11 is 0. The van der Waals surface area contributed by atoms with E-state index in [1.807, 2.05) is 0 Å². The lowest BCUT2D eigenvalue weighted by atomic mass is 10.0. The molecule has 0 aromatic carbocycles. The number of carbonyl (C=O) groups is 2. The maximum absolute atomic E-state index is 12.8. The number of phosphoric ester groups is 1. The summed E-state index contributed by atoms with van der Waals surface area (Å²) in [5, 5.41) is 0. The molecule has 3 N–H and O–H groups in total. The third-order valence-electron chi connectivity index (χ3n) is 14.9. The number of unbranched alkanes of at least 4 members (excludes halogenated alkanes) is 27. The molecule has 0 saturated carbocycles. The van der Waals surface area contributed by atoms with Crippen molar-refractivity contribution in [1.29, 1.82) is 0 Å². The first-order valence-electron chi connectivity index (χ1n) is 36.0. The Morgan fingerprint density at radius 2 is 0.584 bits per heavy atom.